The maximum atomic E-state index is 14.5. The van der Waals surface area contributed by atoms with Crippen molar-refractivity contribution in [1.29, 1.82) is 0 Å². The van der Waals surface area contributed by atoms with Crippen LogP contribution in [0.3, 0.4) is 0 Å². The lowest BCUT2D eigenvalue weighted by Gasteiger charge is -2.18. The van der Waals surface area contributed by atoms with Crippen molar-refractivity contribution in [2.24, 2.45) is 0 Å². The Hall–Kier alpha value is -1.14. The van der Waals surface area contributed by atoms with Crippen LogP contribution in [0.1, 0.15) is 24.8 Å². The smallest absolute Gasteiger partial charge is 0.307 e. The second kappa shape index (κ2) is 7.42. The standard InChI is InChI=1S/C14H16F2NO3PS/c1-3-19-21(18,20-4-2)13(16)14-17-12(9-22-14)10-7-5-6-8-11(10)15/h5-9,13H,3-4H2,1-2H3. The van der Waals surface area contributed by atoms with Gasteiger partial charge < -0.3 is 9.05 Å². The monoisotopic (exact) mass is 347 g/mol. The van der Waals surface area contributed by atoms with Crippen LogP contribution in [0.4, 0.5) is 8.78 Å². The molecule has 0 saturated heterocycles. The highest BCUT2D eigenvalue weighted by molar-refractivity contribution is 7.54. The molecule has 2 aromatic rings. The molecule has 120 valence electrons. The largest absolute Gasteiger partial charge is 0.371 e. The van der Waals surface area contributed by atoms with Gasteiger partial charge in [-0.05, 0) is 26.0 Å². The number of alkyl halides is 1. The molecule has 0 N–H and O–H groups in total. The predicted molar refractivity (Wildman–Crippen MR) is 82.2 cm³/mol. The van der Waals surface area contributed by atoms with Crippen LogP contribution in [-0.2, 0) is 13.6 Å². The van der Waals surface area contributed by atoms with E-state index in [1.807, 2.05) is 0 Å². The molecule has 0 saturated carbocycles. The minimum absolute atomic E-state index is 0.0523. The summed E-state index contributed by atoms with van der Waals surface area (Å²) in [6.07, 6.45) is 0. The van der Waals surface area contributed by atoms with Crippen molar-refractivity contribution in [3.05, 3.63) is 40.5 Å². The van der Waals surface area contributed by atoms with E-state index in [9.17, 15) is 13.3 Å². The van der Waals surface area contributed by atoms with Crippen LogP contribution in [0.15, 0.2) is 29.6 Å². The summed E-state index contributed by atoms with van der Waals surface area (Å²) in [5, 5.41) is 1.46. The van der Waals surface area contributed by atoms with Crippen molar-refractivity contribution in [2.75, 3.05) is 13.2 Å². The molecule has 8 heteroatoms. The van der Waals surface area contributed by atoms with E-state index >= 15 is 0 Å². The number of rotatable bonds is 7. The molecule has 0 aliphatic carbocycles. The molecule has 1 aromatic heterocycles. The summed E-state index contributed by atoms with van der Waals surface area (Å²) >= 11 is 0.955. The number of nitrogens with zero attached hydrogens (tertiary/aromatic N) is 1. The van der Waals surface area contributed by atoms with Crippen molar-refractivity contribution < 1.29 is 22.4 Å². The Labute approximate surface area is 131 Å². The quantitative estimate of drug-likeness (QED) is 0.647. The second-order valence-electron chi connectivity index (χ2n) is 4.26. The van der Waals surface area contributed by atoms with Crippen LogP contribution in [0, 0.1) is 5.82 Å². The van der Waals surface area contributed by atoms with Gasteiger partial charge in [0.15, 0.2) is 0 Å². The first-order valence-corrected chi connectivity index (χ1v) is 9.24. The van der Waals surface area contributed by atoms with E-state index in [-0.39, 0.29) is 23.8 Å². The average molecular weight is 347 g/mol. The molecule has 1 unspecified atom stereocenters. The van der Waals surface area contributed by atoms with Gasteiger partial charge in [-0.15, -0.1) is 11.3 Å². The molecule has 0 aliphatic heterocycles. The lowest BCUT2D eigenvalue weighted by Crippen LogP contribution is -2.02. The Morgan fingerprint density at radius 1 is 1.27 bits per heavy atom. The number of hydrogen-bond donors (Lipinski definition) is 0. The van der Waals surface area contributed by atoms with Crippen molar-refractivity contribution >= 4 is 18.9 Å². The van der Waals surface area contributed by atoms with E-state index in [1.54, 1.807) is 32.0 Å². The summed E-state index contributed by atoms with van der Waals surface area (Å²) in [7, 11) is -3.93. The Bertz CT molecular complexity index is 670. The molecule has 2 rings (SSSR count). The molecule has 0 spiro atoms. The maximum Gasteiger partial charge on any atom is 0.371 e. The third kappa shape index (κ3) is 3.60. The Kier molecular flexibility index (Phi) is 5.81. The first-order valence-electron chi connectivity index (χ1n) is 6.75. The van der Waals surface area contributed by atoms with E-state index in [0.29, 0.717) is 5.69 Å². The van der Waals surface area contributed by atoms with Gasteiger partial charge in [-0.25, -0.2) is 13.8 Å². The lowest BCUT2D eigenvalue weighted by atomic mass is 10.2. The molecular weight excluding hydrogens is 331 g/mol. The summed E-state index contributed by atoms with van der Waals surface area (Å²) in [6, 6.07) is 6.07. The van der Waals surface area contributed by atoms with E-state index in [0.717, 1.165) is 11.3 Å². The highest BCUT2D eigenvalue weighted by atomic mass is 32.1. The molecule has 0 aliphatic rings. The number of thiazole rings is 1. The number of hydrogen-bond acceptors (Lipinski definition) is 5. The van der Waals surface area contributed by atoms with Crippen LogP contribution < -0.4 is 0 Å². The fourth-order valence-corrected chi connectivity index (χ4v) is 4.48. The number of benzene rings is 1. The molecule has 0 fully saturated rings. The van der Waals surface area contributed by atoms with E-state index in [4.69, 9.17) is 9.05 Å². The highest BCUT2D eigenvalue weighted by Gasteiger charge is 2.39. The van der Waals surface area contributed by atoms with E-state index in [1.165, 1.54) is 11.4 Å². The van der Waals surface area contributed by atoms with Gasteiger partial charge >= 0.3 is 7.60 Å². The summed E-state index contributed by atoms with van der Waals surface area (Å²) in [4.78, 5) is 4.04. The van der Waals surface area contributed by atoms with Gasteiger partial charge in [0.2, 0.25) is 0 Å². The maximum absolute atomic E-state index is 14.5. The minimum Gasteiger partial charge on any atom is -0.307 e. The second-order valence-corrected chi connectivity index (χ2v) is 7.20. The summed E-state index contributed by atoms with van der Waals surface area (Å²) < 4.78 is 50.6. The van der Waals surface area contributed by atoms with E-state index in [2.05, 4.69) is 4.98 Å². The Balaban J connectivity index is 2.31. The number of halogens is 2. The van der Waals surface area contributed by atoms with Gasteiger partial charge in [0.05, 0.1) is 18.9 Å². The van der Waals surface area contributed by atoms with Gasteiger partial charge in [-0.3, -0.25) is 4.57 Å². The van der Waals surface area contributed by atoms with Gasteiger partial charge in [0, 0.05) is 10.9 Å². The third-order valence-electron chi connectivity index (χ3n) is 2.77. The highest BCUT2D eigenvalue weighted by Crippen LogP contribution is 2.62. The van der Waals surface area contributed by atoms with E-state index < -0.39 is 19.3 Å². The van der Waals surface area contributed by atoms with Gasteiger partial charge in [-0.2, -0.15) is 0 Å². The summed E-state index contributed by atoms with van der Waals surface area (Å²) in [6.45, 7) is 3.32. The Morgan fingerprint density at radius 2 is 1.91 bits per heavy atom. The molecule has 4 nitrogen and oxygen atoms in total. The van der Waals surface area contributed by atoms with Crippen LogP contribution in [0.2, 0.25) is 0 Å². The zero-order valence-electron chi connectivity index (χ0n) is 12.2. The molecular formula is C14H16F2NO3PS. The first kappa shape index (κ1) is 17.2. The molecule has 1 heterocycles. The zero-order chi connectivity index (χ0) is 16.2. The molecule has 0 bridgehead atoms. The topological polar surface area (TPSA) is 48.4 Å². The summed E-state index contributed by atoms with van der Waals surface area (Å²) in [5.74, 6) is -2.44. The van der Waals surface area contributed by atoms with Crippen molar-refractivity contribution in [3.63, 3.8) is 0 Å². The zero-order valence-corrected chi connectivity index (χ0v) is 13.9. The molecule has 0 amide bonds. The fraction of sp³-hybridized carbons (Fsp3) is 0.357. The molecule has 22 heavy (non-hydrogen) atoms. The number of aromatic nitrogens is 1. The SMILES string of the molecule is CCOP(=O)(OCC)C(F)c1nc(-c2ccccc2F)cs1. The Morgan fingerprint density at radius 3 is 2.50 bits per heavy atom. The van der Waals surface area contributed by atoms with Crippen molar-refractivity contribution in [2.45, 2.75) is 19.8 Å². The van der Waals surface area contributed by atoms with Crippen LogP contribution in [-0.4, -0.2) is 18.2 Å². The molecule has 1 atom stereocenters. The van der Waals surface area contributed by atoms with Gasteiger partial charge in [0.25, 0.3) is 5.91 Å². The van der Waals surface area contributed by atoms with Crippen LogP contribution >= 0.6 is 18.9 Å². The van der Waals surface area contributed by atoms with Crippen molar-refractivity contribution in [1.82, 2.24) is 4.98 Å². The van der Waals surface area contributed by atoms with Gasteiger partial charge in [0.1, 0.15) is 10.8 Å². The molecule has 1 aromatic carbocycles. The normalized spacial score (nSPS) is 13.3. The minimum atomic E-state index is -3.93. The van der Waals surface area contributed by atoms with Crippen LogP contribution in [0.25, 0.3) is 11.3 Å². The summed E-state index contributed by atoms with van der Waals surface area (Å²) in [5.41, 5.74) is 0.556. The average Bonchev–Trinajstić information content (AvgIpc) is 2.97. The van der Waals surface area contributed by atoms with Crippen LogP contribution in [0.5, 0.6) is 0 Å². The third-order valence-corrected chi connectivity index (χ3v) is 5.86. The van der Waals surface area contributed by atoms with Crippen molar-refractivity contribution in [3.8, 4) is 11.3 Å². The first-order chi connectivity index (χ1) is 10.5. The molecule has 0 radical (unpaired) electrons. The van der Waals surface area contributed by atoms with Gasteiger partial charge in [-0.1, -0.05) is 12.1 Å². The fourth-order valence-electron chi connectivity index (χ4n) is 1.85. The lowest BCUT2D eigenvalue weighted by molar-refractivity contribution is 0.190. The predicted octanol–water partition coefficient (Wildman–Crippen LogP) is 5.18.